The molecule has 0 unspecified atom stereocenters. The average molecular weight is 416 g/mol. The quantitative estimate of drug-likeness (QED) is 0.611. The molecule has 3 aromatic rings. The molecule has 0 saturated heterocycles. The zero-order chi connectivity index (χ0) is 20.1. The van der Waals surface area contributed by atoms with Crippen LogP contribution in [0.25, 0.3) is 0 Å². The standard InChI is InChI=1S/C20H21N3O3S2/c1-3-15-9-7-8-14(2)19(15)22-18(24)12-16-13-27-20(21-16)23-28(25,26)17-10-5-4-6-11-17/h4-11,13H,3,12H2,1-2H3,(H,21,23)(H,22,24). The van der Waals surface area contributed by atoms with Crippen molar-refractivity contribution in [2.24, 2.45) is 0 Å². The molecule has 0 radical (unpaired) electrons. The molecule has 8 heteroatoms. The molecule has 6 nitrogen and oxygen atoms in total. The Kier molecular flexibility index (Phi) is 6.11. The predicted molar refractivity (Wildman–Crippen MR) is 112 cm³/mol. The van der Waals surface area contributed by atoms with E-state index >= 15 is 0 Å². The number of carbonyl (C=O) groups excluding carboxylic acids is 1. The minimum Gasteiger partial charge on any atom is -0.325 e. The lowest BCUT2D eigenvalue weighted by molar-refractivity contribution is -0.115. The van der Waals surface area contributed by atoms with Gasteiger partial charge < -0.3 is 5.32 Å². The van der Waals surface area contributed by atoms with Crippen molar-refractivity contribution in [1.29, 1.82) is 0 Å². The average Bonchev–Trinajstić information content (AvgIpc) is 3.10. The van der Waals surface area contributed by atoms with Crippen LogP contribution in [0.3, 0.4) is 0 Å². The van der Waals surface area contributed by atoms with Crippen molar-refractivity contribution in [2.75, 3.05) is 10.0 Å². The van der Waals surface area contributed by atoms with E-state index in [4.69, 9.17) is 0 Å². The van der Waals surface area contributed by atoms with Crippen molar-refractivity contribution in [3.8, 4) is 0 Å². The summed E-state index contributed by atoms with van der Waals surface area (Å²) in [4.78, 5) is 16.8. The van der Waals surface area contributed by atoms with E-state index < -0.39 is 10.0 Å². The lowest BCUT2D eigenvalue weighted by atomic mass is 10.1. The van der Waals surface area contributed by atoms with E-state index in [9.17, 15) is 13.2 Å². The number of benzene rings is 2. The highest BCUT2D eigenvalue weighted by molar-refractivity contribution is 7.93. The highest BCUT2D eigenvalue weighted by Gasteiger charge is 2.17. The molecule has 0 fully saturated rings. The number of amides is 1. The van der Waals surface area contributed by atoms with Crippen molar-refractivity contribution in [1.82, 2.24) is 4.98 Å². The predicted octanol–water partition coefficient (Wildman–Crippen LogP) is 4.00. The number of aryl methyl sites for hydroxylation is 2. The van der Waals surface area contributed by atoms with Gasteiger partial charge in [0.05, 0.1) is 17.0 Å². The molecule has 146 valence electrons. The fourth-order valence-electron chi connectivity index (χ4n) is 2.76. The fraction of sp³-hybridized carbons (Fsp3) is 0.200. The van der Waals surface area contributed by atoms with Gasteiger partial charge in [-0.25, -0.2) is 13.4 Å². The van der Waals surface area contributed by atoms with Gasteiger partial charge in [-0.2, -0.15) is 0 Å². The Bertz CT molecular complexity index is 1080. The van der Waals surface area contributed by atoms with Gasteiger partial charge in [-0.15, -0.1) is 11.3 Å². The van der Waals surface area contributed by atoms with E-state index in [-0.39, 0.29) is 22.4 Å². The van der Waals surface area contributed by atoms with Crippen LogP contribution >= 0.6 is 11.3 Å². The summed E-state index contributed by atoms with van der Waals surface area (Å²) in [7, 11) is -3.69. The maximum Gasteiger partial charge on any atom is 0.263 e. The summed E-state index contributed by atoms with van der Waals surface area (Å²) in [6.07, 6.45) is 0.889. The summed E-state index contributed by atoms with van der Waals surface area (Å²) in [6.45, 7) is 3.99. The summed E-state index contributed by atoms with van der Waals surface area (Å²) >= 11 is 1.15. The second-order valence-corrected chi connectivity index (χ2v) is 8.79. The molecule has 0 aliphatic rings. The third-order valence-corrected chi connectivity index (χ3v) is 6.46. The van der Waals surface area contributed by atoms with Crippen molar-refractivity contribution in [3.05, 3.63) is 70.7 Å². The molecular formula is C20H21N3O3S2. The van der Waals surface area contributed by atoms with Crippen molar-refractivity contribution in [3.63, 3.8) is 0 Å². The smallest absolute Gasteiger partial charge is 0.263 e. The van der Waals surface area contributed by atoms with Crippen molar-refractivity contribution in [2.45, 2.75) is 31.6 Å². The van der Waals surface area contributed by atoms with Crippen LogP contribution in [0.4, 0.5) is 10.8 Å². The third kappa shape index (κ3) is 4.76. The zero-order valence-electron chi connectivity index (χ0n) is 15.6. The van der Waals surface area contributed by atoms with Gasteiger partial charge in [0.2, 0.25) is 5.91 Å². The van der Waals surface area contributed by atoms with E-state index in [0.717, 1.165) is 34.6 Å². The number of para-hydroxylation sites is 1. The first kappa shape index (κ1) is 20.0. The van der Waals surface area contributed by atoms with Crippen molar-refractivity contribution >= 4 is 38.1 Å². The topological polar surface area (TPSA) is 88.2 Å². The molecular weight excluding hydrogens is 394 g/mol. The number of hydrogen-bond donors (Lipinski definition) is 2. The molecule has 3 rings (SSSR count). The van der Waals surface area contributed by atoms with E-state index in [1.54, 1.807) is 23.6 Å². The molecule has 1 aromatic heterocycles. The SMILES string of the molecule is CCc1cccc(C)c1NC(=O)Cc1csc(NS(=O)(=O)c2ccccc2)n1. The lowest BCUT2D eigenvalue weighted by Crippen LogP contribution is -2.17. The van der Waals surface area contributed by atoms with Gasteiger partial charge in [-0.1, -0.05) is 43.3 Å². The van der Waals surface area contributed by atoms with Crippen molar-refractivity contribution < 1.29 is 13.2 Å². The van der Waals surface area contributed by atoms with E-state index in [2.05, 4.69) is 15.0 Å². The molecule has 1 amide bonds. The summed E-state index contributed by atoms with van der Waals surface area (Å²) in [6, 6.07) is 14.0. The van der Waals surface area contributed by atoms with Gasteiger partial charge in [-0.05, 0) is 36.6 Å². The molecule has 0 aliphatic carbocycles. The minimum absolute atomic E-state index is 0.0705. The van der Waals surface area contributed by atoms with Gasteiger partial charge in [0, 0.05) is 11.1 Å². The van der Waals surface area contributed by atoms with Crippen LogP contribution in [0.2, 0.25) is 0 Å². The van der Waals surface area contributed by atoms with Crippen LogP contribution in [0.15, 0.2) is 58.8 Å². The van der Waals surface area contributed by atoms with Gasteiger partial charge in [0.15, 0.2) is 5.13 Å². The van der Waals surface area contributed by atoms with Crippen LogP contribution in [0.1, 0.15) is 23.7 Å². The van der Waals surface area contributed by atoms with Crippen LogP contribution in [0.5, 0.6) is 0 Å². The number of aromatic nitrogens is 1. The van der Waals surface area contributed by atoms with E-state index in [1.165, 1.54) is 12.1 Å². The Balaban J connectivity index is 1.67. The maximum atomic E-state index is 12.4. The summed E-state index contributed by atoms with van der Waals surface area (Å²) in [5.41, 5.74) is 3.42. The summed E-state index contributed by atoms with van der Waals surface area (Å²) < 4.78 is 27.2. The normalized spacial score (nSPS) is 11.2. The second-order valence-electron chi connectivity index (χ2n) is 6.25. The minimum atomic E-state index is -3.69. The number of sulfonamides is 1. The molecule has 0 bridgehead atoms. The van der Waals surface area contributed by atoms with E-state index in [0.29, 0.717) is 5.69 Å². The first-order chi connectivity index (χ1) is 13.4. The molecule has 0 atom stereocenters. The van der Waals surface area contributed by atoms with Crippen LogP contribution in [-0.2, 0) is 27.7 Å². The molecule has 0 saturated carbocycles. The molecule has 0 aliphatic heterocycles. The number of anilines is 2. The number of hydrogen-bond acceptors (Lipinski definition) is 5. The Morgan fingerprint density at radius 1 is 1.11 bits per heavy atom. The molecule has 28 heavy (non-hydrogen) atoms. The van der Waals surface area contributed by atoms with E-state index in [1.807, 2.05) is 32.0 Å². The summed E-state index contributed by atoms with van der Waals surface area (Å²) in [5.74, 6) is -0.188. The van der Waals surface area contributed by atoms with Gasteiger partial charge in [0.25, 0.3) is 10.0 Å². The Hall–Kier alpha value is -2.71. The zero-order valence-corrected chi connectivity index (χ0v) is 17.2. The number of carbonyl (C=O) groups is 1. The first-order valence-electron chi connectivity index (χ1n) is 8.79. The van der Waals surface area contributed by atoms with Crippen LogP contribution < -0.4 is 10.0 Å². The molecule has 1 heterocycles. The second kappa shape index (κ2) is 8.53. The summed E-state index contributed by atoms with van der Waals surface area (Å²) in [5, 5.41) is 4.86. The highest BCUT2D eigenvalue weighted by Crippen LogP contribution is 2.23. The molecule has 0 spiro atoms. The number of thiazole rings is 1. The Morgan fingerprint density at radius 3 is 2.57 bits per heavy atom. The molecule has 2 N–H and O–H groups in total. The largest absolute Gasteiger partial charge is 0.325 e. The number of rotatable bonds is 7. The highest BCUT2D eigenvalue weighted by atomic mass is 32.2. The van der Waals surface area contributed by atoms with Gasteiger partial charge in [-0.3, -0.25) is 9.52 Å². The Labute approximate surface area is 168 Å². The first-order valence-corrected chi connectivity index (χ1v) is 11.2. The van der Waals surface area contributed by atoms with Crippen LogP contribution in [-0.4, -0.2) is 19.3 Å². The Morgan fingerprint density at radius 2 is 1.86 bits per heavy atom. The monoisotopic (exact) mass is 415 g/mol. The number of nitrogens with one attached hydrogen (secondary N) is 2. The van der Waals surface area contributed by atoms with Gasteiger partial charge in [0.1, 0.15) is 0 Å². The fourth-order valence-corrected chi connectivity index (χ4v) is 4.74. The number of nitrogens with zero attached hydrogens (tertiary/aromatic N) is 1. The van der Waals surface area contributed by atoms with Gasteiger partial charge >= 0.3 is 0 Å². The maximum absolute atomic E-state index is 12.4. The van der Waals surface area contributed by atoms with Crippen LogP contribution in [0, 0.1) is 6.92 Å². The molecule has 2 aromatic carbocycles. The lowest BCUT2D eigenvalue weighted by Gasteiger charge is -2.12. The third-order valence-electron chi connectivity index (χ3n) is 4.17.